The number of hydrogen-bond donors (Lipinski definition) is 1. The molecule has 3 aromatic rings. The third kappa shape index (κ3) is 5.51. The van der Waals surface area contributed by atoms with E-state index in [2.05, 4.69) is 15.5 Å². The van der Waals surface area contributed by atoms with Crippen molar-refractivity contribution in [1.29, 1.82) is 0 Å². The standard InChI is InChI=1S/C24H27N5O4S/c1-32-19-9-7-18(8-10-19)29-16-25-27-24(29)34-15-22(30)28-13-11-17(12-14-28)23(31)26-20-5-3-4-6-21(20)33-2/h3-10,16-17H,11-15H2,1-2H3,(H,26,31). The van der Waals surface area contributed by atoms with E-state index in [1.165, 1.54) is 11.8 Å². The Labute approximate surface area is 202 Å². The topological polar surface area (TPSA) is 98.6 Å². The second kappa shape index (κ2) is 11.1. The van der Waals surface area contributed by atoms with Crippen LogP contribution in [0.2, 0.25) is 0 Å². The number of piperidine rings is 1. The minimum Gasteiger partial charge on any atom is -0.497 e. The number of benzene rings is 2. The van der Waals surface area contributed by atoms with Crippen molar-refractivity contribution < 1.29 is 19.1 Å². The SMILES string of the molecule is COc1ccc(-n2cnnc2SCC(=O)N2CCC(C(=O)Nc3ccccc3OC)CC2)cc1. The molecule has 1 aromatic heterocycles. The molecule has 34 heavy (non-hydrogen) atoms. The Balaban J connectivity index is 1.27. The molecule has 1 saturated heterocycles. The van der Waals surface area contributed by atoms with Crippen LogP contribution in [0.15, 0.2) is 60.0 Å². The van der Waals surface area contributed by atoms with E-state index in [4.69, 9.17) is 9.47 Å². The molecule has 0 aliphatic carbocycles. The molecular weight excluding hydrogens is 454 g/mol. The molecule has 2 amide bonds. The molecule has 9 nitrogen and oxygen atoms in total. The number of likely N-dealkylation sites (tertiary alicyclic amines) is 1. The van der Waals surface area contributed by atoms with Gasteiger partial charge < -0.3 is 19.7 Å². The molecule has 0 bridgehead atoms. The molecule has 0 unspecified atom stereocenters. The van der Waals surface area contributed by atoms with Crippen LogP contribution in [0.4, 0.5) is 5.69 Å². The molecule has 0 atom stereocenters. The first-order valence-electron chi connectivity index (χ1n) is 11.0. The summed E-state index contributed by atoms with van der Waals surface area (Å²) >= 11 is 1.35. The molecule has 0 spiro atoms. The summed E-state index contributed by atoms with van der Waals surface area (Å²) in [6.45, 7) is 1.10. The number of ether oxygens (including phenoxy) is 2. The predicted molar refractivity (Wildman–Crippen MR) is 130 cm³/mol. The largest absolute Gasteiger partial charge is 0.497 e. The fourth-order valence-corrected chi connectivity index (χ4v) is 4.67. The van der Waals surface area contributed by atoms with E-state index in [9.17, 15) is 9.59 Å². The first-order chi connectivity index (χ1) is 16.6. The van der Waals surface area contributed by atoms with Gasteiger partial charge in [-0.3, -0.25) is 14.2 Å². The van der Waals surface area contributed by atoms with Crippen LogP contribution in [-0.2, 0) is 9.59 Å². The summed E-state index contributed by atoms with van der Waals surface area (Å²) in [5.74, 6) is 1.49. The average molecular weight is 482 g/mol. The molecule has 0 saturated carbocycles. The van der Waals surface area contributed by atoms with E-state index >= 15 is 0 Å². The average Bonchev–Trinajstić information content (AvgIpc) is 3.36. The minimum absolute atomic E-state index is 0.0258. The van der Waals surface area contributed by atoms with E-state index < -0.39 is 0 Å². The molecule has 1 N–H and O–H groups in total. The zero-order valence-electron chi connectivity index (χ0n) is 19.1. The Bertz CT molecular complexity index is 1130. The lowest BCUT2D eigenvalue weighted by Crippen LogP contribution is -2.42. The van der Waals surface area contributed by atoms with Gasteiger partial charge in [-0.25, -0.2) is 0 Å². The number of carbonyl (C=O) groups is 2. The van der Waals surface area contributed by atoms with Gasteiger partial charge in [-0.1, -0.05) is 23.9 Å². The number of methoxy groups -OCH3 is 2. The number of hydrogen-bond acceptors (Lipinski definition) is 7. The lowest BCUT2D eigenvalue weighted by molar-refractivity contribution is -0.132. The van der Waals surface area contributed by atoms with Gasteiger partial charge in [-0.2, -0.15) is 0 Å². The molecule has 2 aromatic carbocycles. The number of rotatable bonds is 8. The third-order valence-electron chi connectivity index (χ3n) is 5.78. The molecule has 10 heteroatoms. The van der Waals surface area contributed by atoms with Crippen LogP contribution in [0.3, 0.4) is 0 Å². The Hall–Kier alpha value is -3.53. The second-order valence-electron chi connectivity index (χ2n) is 7.81. The number of nitrogens with zero attached hydrogens (tertiary/aromatic N) is 4. The van der Waals surface area contributed by atoms with E-state index in [0.717, 1.165) is 11.4 Å². The van der Waals surface area contributed by atoms with Crippen molar-refractivity contribution in [3.05, 3.63) is 54.9 Å². The number of amides is 2. The highest BCUT2D eigenvalue weighted by Gasteiger charge is 2.28. The third-order valence-corrected chi connectivity index (χ3v) is 6.70. The van der Waals surface area contributed by atoms with Crippen LogP contribution < -0.4 is 14.8 Å². The molecule has 2 heterocycles. The van der Waals surface area contributed by atoms with E-state index in [1.807, 2.05) is 58.0 Å². The number of aromatic nitrogens is 3. The van der Waals surface area contributed by atoms with Gasteiger partial charge in [-0.05, 0) is 49.2 Å². The molecule has 4 rings (SSSR count). The van der Waals surface area contributed by atoms with Crippen LogP contribution in [0.25, 0.3) is 5.69 Å². The zero-order chi connectivity index (χ0) is 23.9. The van der Waals surface area contributed by atoms with Crippen LogP contribution >= 0.6 is 11.8 Å². The monoisotopic (exact) mass is 481 g/mol. The fourth-order valence-electron chi connectivity index (χ4n) is 3.83. The maximum atomic E-state index is 12.8. The predicted octanol–water partition coefficient (Wildman–Crippen LogP) is 3.25. The lowest BCUT2D eigenvalue weighted by Gasteiger charge is -2.31. The molecule has 1 aliphatic rings. The number of para-hydroxylation sites is 2. The summed E-state index contributed by atoms with van der Waals surface area (Å²) in [6, 6.07) is 14.9. The molecular formula is C24H27N5O4S. The Morgan fingerprint density at radius 3 is 2.50 bits per heavy atom. The van der Waals surface area contributed by atoms with Crippen molar-refractivity contribution in [1.82, 2.24) is 19.7 Å². The quantitative estimate of drug-likeness (QED) is 0.493. The van der Waals surface area contributed by atoms with E-state index in [-0.39, 0.29) is 23.5 Å². The van der Waals surface area contributed by atoms with Gasteiger partial charge in [0.25, 0.3) is 0 Å². The van der Waals surface area contributed by atoms with E-state index in [0.29, 0.717) is 42.5 Å². The van der Waals surface area contributed by atoms with Crippen molar-refractivity contribution in [3.8, 4) is 17.2 Å². The molecule has 1 aliphatic heterocycles. The van der Waals surface area contributed by atoms with Crippen LogP contribution in [0, 0.1) is 5.92 Å². The summed E-state index contributed by atoms with van der Waals surface area (Å²) in [5.41, 5.74) is 1.55. The molecule has 1 fully saturated rings. The second-order valence-corrected chi connectivity index (χ2v) is 8.76. The van der Waals surface area contributed by atoms with Gasteiger partial charge in [-0.15, -0.1) is 10.2 Å². The number of carbonyl (C=O) groups excluding carboxylic acids is 2. The maximum Gasteiger partial charge on any atom is 0.233 e. The van der Waals surface area contributed by atoms with Gasteiger partial charge in [0, 0.05) is 24.7 Å². The summed E-state index contributed by atoms with van der Waals surface area (Å²) < 4.78 is 12.3. The highest BCUT2D eigenvalue weighted by molar-refractivity contribution is 7.99. The summed E-state index contributed by atoms with van der Waals surface area (Å²) in [7, 11) is 3.20. The number of thioether (sulfide) groups is 1. The van der Waals surface area contributed by atoms with Gasteiger partial charge in [0.2, 0.25) is 11.8 Å². The van der Waals surface area contributed by atoms with Crippen molar-refractivity contribution in [2.24, 2.45) is 5.92 Å². The number of anilines is 1. The highest BCUT2D eigenvalue weighted by atomic mass is 32.2. The van der Waals surface area contributed by atoms with E-state index in [1.54, 1.807) is 20.5 Å². The van der Waals surface area contributed by atoms with Gasteiger partial charge in [0.1, 0.15) is 17.8 Å². The summed E-state index contributed by atoms with van der Waals surface area (Å²) in [6.07, 6.45) is 2.87. The van der Waals surface area contributed by atoms with Crippen molar-refractivity contribution in [2.75, 3.05) is 38.4 Å². The smallest absolute Gasteiger partial charge is 0.233 e. The zero-order valence-corrected chi connectivity index (χ0v) is 20.0. The minimum atomic E-state index is -0.139. The van der Waals surface area contributed by atoms with Crippen LogP contribution in [-0.4, -0.2) is 64.5 Å². The summed E-state index contributed by atoms with van der Waals surface area (Å²) in [4.78, 5) is 27.3. The molecule has 0 radical (unpaired) electrons. The molecule has 178 valence electrons. The first-order valence-corrected chi connectivity index (χ1v) is 12.0. The van der Waals surface area contributed by atoms with Gasteiger partial charge in [0.15, 0.2) is 5.16 Å². The highest BCUT2D eigenvalue weighted by Crippen LogP contribution is 2.27. The summed E-state index contributed by atoms with van der Waals surface area (Å²) in [5, 5.41) is 11.7. The Morgan fingerprint density at radius 2 is 1.79 bits per heavy atom. The lowest BCUT2D eigenvalue weighted by atomic mass is 9.96. The van der Waals surface area contributed by atoms with Crippen molar-refractivity contribution in [3.63, 3.8) is 0 Å². The maximum absolute atomic E-state index is 12.8. The van der Waals surface area contributed by atoms with Crippen LogP contribution in [0.1, 0.15) is 12.8 Å². The Morgan fingerprint density at radius 1 is 1.06 bits per heavy atom. The van der Waals surface area contributed by atoms with Gasteiger partial charge >= 0.3 is 0 Å². The van der Waals surface area contributed by atoms with Gasteiger partial charge in [0.05, 0.1) is 25.7 Å². The first kappa shape index (κ1) is 23.6. The van der Waals surface area contributed by atoms with Crippen molar-refractivity contribution >= 4 is 29.3 Å². The number of nitrogens with one attached hydrogen (secondary N) is 1. The normalized spacial score (nSPS) is 14.0. The Kier molecular flexibility index (Phi) is 7.69. The van der Waals surface area contributed by atoms with Crippen LogP contribution in [0.5, 0.6) is 11.5 Å². The fraction of sp³-hybridized carbons (Fsp3) is 0.333. The van der Waals surface area contributed by atoms with Crippen molar-refractivity contribution in [2.45, 2.75) is 18.0 Å².